The highest BCUT2D eigenvalue weighted by Crippen LogP contribution is 2.30. The Kier molecular flexibility index (Phi) is 3.97. The molecule has 2 N–H and O–H groups in total. The third-order valence-electron chi connectivity index (χ3n) is 1.64. The van der Waals surface area contributed by atoms with Gasteiger partial charge in [0.2, 0.25) is 5.91 Å². The van der Waals surface area contributed by atoms with Crippen LogP contribution in [0.3, 0.4) is 0 Å². The van der Waals surface area contributed by atoms with E-state index in [9.17, 15) is 18.0 Å². The molecule has 1 aromatic heterocycles. The zero-order chi connectivity index (χ0) is 13.1. The lowest BCUT2D eigenvalue weighted by atomic mass is 10.2. The Morgan fingerprint density at radius 2 is 2.18 bits per heavy atom. The number of nitrogens with two attached hydrogens (primary N) is 1. The fourth-order valence-electron chi connectivity index (χ4n) is 0.900. The molecule has 0 aliphatic rings. The highest BCUT2D eigenvalue weighted by Gasteiger charge is 2.31. The molecule has 0 fully saturated rings. The second-order valence-corrected chi connectivity index (χ2v) is 3.40. The predicted molar refractivity (Wildman–Crippen MR) is 54.9 cm³/mol. The van der Waals surface area contributed by atoms with Gasteiger partial charge in [0, 0.05) is 6.20 Å². The first-order valence-corrected chi connectivity index (χ1v) is 4.68. The summed E-state index contributed by atoms with van der Waals surface area (Å²) in [6, 6.07) is 0.725. The van der Waals surface area contributed by atoms with Crippen LogP contribution in [0.15, 0.2) is 12.3 Å². The largest absolute Gasteiger partial charge is 0.417 e. The molecule has 0 aliphatic carbocycles. The zero-order valence-electron chi connectivity index (χ0n) is 8.31. The summed E-state index contributed by atoms with van der Waals surface area (Å²) in [6.07, 6.45) is -4.09. The number of amides is 1. The molecule has 17 heavy (non-hydrogen) atoms. The lowest BCUT2D eigenvalue weighted by Gasteiger charge is -2.06. The van der Waals surface area contributed by atoms with Crippen LogP contribution in [0.4, 0.5) is 13.2 Å². The number of hydrogen-bond donors (Lipinski definition) is 1. The SMILES string of the molecule is NC(=O)CC#Cc1ncc(C(F)(F)F)cc1Cl. The predicted octanol–water partition coefficient (Wildman–Crippen LogP) is 1.98. The van der Waals surface area contributed by atoms with Gasteiger partial charge in [-0.15, -0.1) is 0 Å². The van der Waals surface area contributed by atoms with Crippen LogP contribution in [0.25, 0.3) is 0 Å². The van der Waals surface area contributed by atoms with E-state index in [0.29, 0.717) is 6.20 Å². The van der Waals surface area contributed by atoms with Crippen molar-refractivity contribution in [2.75, 3.05) is 0 Å². The molecule has 0 radical (unpaired) electrons. The van der Waals surface area contributed by atoms with E-state index in [-0.39, 0.29) is 17.1 Å². The van der Waals surface area contributed by atoms with Gasteiger partial charge in [0.1, 0.15) is 5.69 Å². The molecule has 0 spiro atoms. The lowest BCUT2D eigenvalue weighted by Crippen LogP contribution is -2.08. The highest BCUT2D eigenvalue weighted by molar-refractivity contribution is 6.31. The summed E-state index contributed by atoms with van der Waals surface area (Å²) in [4.78, 5) is 13.8. The molecule has 1 aromatic rings. The molecule has 1 heterocycles. The van der Waals surface area contributed by atoms with Crippen LogP contribution in [0.5, 0.6) is 0 Å². The van der Waals surface area contributed by atoms with Gasteiger partial charge in [0.25, 0.3) is 0 Å². The van der Waals surface area contributed by atoms with Crippen molar-refractivity contribution in [1.29, 1.82) is 0 Å². The molecule has 0 bridgehead atoms. The van der Waals surface area contributed by atoms with Crippen LogP contribution >= 0.6 is 11.6 Å². The van der Waals surface area contributed by atoms with Gasteiger partial charge in [-0.1, -0.05) is 17.5 Å². The maximum Gasteiger partial charge on any atom is 0.417 e. The molecule has 1 rings (SSSR count). The Morgan fingerprint density at radius 3 is 2.65 bits per heavy atom. The van der Waals surface area contributed by atoms with Crippen LogP contribution in [0.1, 0.15) is 17.7 Å². The van der Waals surface area contributed by atoms with Gasteiger partial charge >= 0.3 is 6.18 Å². The minimum absolute atomic E-state index is 0.0269. The van der Waals surface area contributed by atoms with Crippen molar-refractivity contribution in [3.05, 3.63) is 28.5 Å². The van der Waals surface area contributed by atoms with Crippen LogP contribution in [-0.2, 0) is 11.0 Å². The van der Waals surface area contributed by atoms with Crippen molar-refractivity contribution in [1.82, 2.24) is 4.98 Å². The Labute approximate surface area is 99.8 Å². The van der Waals surface area contributed by atoms with Gasteiger partial charge in [-0.3, -0.25) is 4.79 Å². The summed E-state index contributed by atoms with van der Waals surface area (Å²) in [7, 11) is 0. The summed E-state index contributed by atoms with van der Waals surface area (Å²) in [5.74, 6) is 4.07. The van der Waals surface area contributed by atoms with Crippen molar-refractivity contribution in [3.8, 4) is 11.8 Å². The van der Waals surface area contributed by atoms with Gasteiger partial charge in [-0.2, -0.15) is 13.2 Å². The monoisotopic (exact) mass is 262 g/mol. The van der Waals surface area contributed by atoms with E-state index in [1.165, 1.54) is 0 Å². The quantitative estimate of drug-likeness (QED) is 0.787. The first-order valence-electron chi connectivity index (χ1n) is 4.30. The standard InChI is InChI=1S/C10H6ClF3N2O/c11-7-4-6(10(12,13)14)5-16-8(7)2-1-3-9(15)17/h4-5H,3H2,(H2,15,17). The average molecular weight is 263 g/mol. The molecule has 0 unspecified atom stereocenters. The second kappa shape index (κ2) is 5.06. The van der Waals surface area contributed by atoms with E-state index < -0.39 is 17.6 Å². The summed E-state index contributed by atoms with van der Waals surface area (Å²) < 4.78 is 36.8. The summed E-state index contributed by atoms with van der Waals surface area (Å²) in [6.45, 7) is 0. The molecule has 0 aliphatic heterocycles. The van der Waals surface area contributed by atoms with Gasteiger partial charge in [-0.25, -0.2) is 4.98 Å². The van der Waals surface area contributed by atoms with Gasteiger partial charge in [0.15, 0.2) is 0 Å². The Hall–Kier alpha value is -1.74. The maximum atomic E-state index is 12.3. The van der Waals surface area contributed by atoms with Crippen LogP contribution < -0.4 is 5.73 Å². The van der Waals surface area contributed by atoms with Crippen molar-refractivity contribution < 1.29 is 18.0 Å². The molecule has 0 aromatic carbocycles. The number of aromatic nitrogens is 1. The Balaban J connectivity index is 2.97. The van der Waals surface area contributed by atoms with Crippen LogP contribution in [0.2, 0.25) is 5.02 Å². The van der Waals surface area contributed by atoms with Crippen molar-refractivity contribution in [2.24, 2.45) is 5.73 Å². The molecule has 7 heteroatoms. The molecule has 0 saturated carbocycles. The number of nitrogens with zero attached hydrogens (tertiary/aromatic N) is 1. The smallest absolute Gasteiger partial charge is 0.369 e. The van der Waals surface area contributed by atoms with Crippen LogP contribution in [0, 0.1) is 11.8 Å². The fraction of sp³-hybridized carbons (Fsp3) is 0.200. The molecule has 0 atom stereocenters. The molecular formula is C10H6ClF3N2O. The molecule has 3 nitrogen and oxygen atoms in total. The number of hydrogen-bond acceptors (Lipinski definition) is 2. The average Bonchev–Trinajstić information content (AvgIpc) is 2.18. The van der Waals surface area contributed by atoms with E-state index >= 15 is 0 Å². The number of pyridine rings is 1. The van der Waals surface area contributed by atoms with E-state index in [0.717, 1.165) is 6.07 Å². The van der Waals surface area contributed by atoms with E-state index in [1.54, 1.807) is 0 Å². The minimum Gasteiger partial charge on any atom is -0.369 e. The van der Waals surface area contributed by atoms with Gasteiger partial charge < -0.3 is 5.73 Å². The summed E-state index contributed by atoms with van der Waals surface area (Å²) in [5, 5.41) is -0.225. The number of alkyl halides is 3. The number of carbonyl (C=O) groups excluding carboxylic acids is 1. The maximum absolute atomic E-state index is 12.3. The first-order chi connectivity index (χ1) is 7.80. The first kappa shape index (κ1) is 13.3. The third-order valence-corrected chi connectivity index (χ3v) is 1.93. The number of halogens is 4. The van der Waals surface area contributed by atoms with Crippen molar-refractivity contribution in [2.45, 2.75) is 12.6 Å². The lowest BCUT2D eigenvalue weighted by molar-refractivity contribution is -0.137. The Bertz CT molecular complexity index is 502. The zero-order valence-corrected chi connectivity index (χ0v) is 9.06. The van der Waals surface area contributed by atoms with Crippen LogP contribution in [-0.4, -0.2) is 10.9 Å². The highest BCUT2D eigenvalue weighted by atomic mass is 35.5. The second-order valence-electron chi connectivity index (χ2n) is 3.00. The Morgan fingerprint density at radius 1 is 1.53 bits per heavy atom. The topological polar surface area (TPSA) is 56.0 Å². The third kappa shape index (κ3) is 3.96. The van der Waals surface area contributed by atoms with Gasteiger partial charge in [-0.05, 0) is 12.0 Å². The van der Waals surface area contributed by atoms with Gasteiger partial charge in [0.05, 0.1) is 17.0 Å². The van der Waals surface area contributed by atoms with E-state index in [2.05, 4.69) is 16.8 Å². The molecule has 1 amide bonds. The summed E-state index contributed by atoms with van der Waals surface area (Å²) >= 11 is 5.57. The van der Waals surface area contributed by atoms with E-state index in [1.807, 2.05) is 0 Å². The number of primary amides is 1. The van der Waals surface area contributed by atoms with Crippen molar-refractivity contribution >= 4 is 17.5 Å². The fourth-order valence-corrected chi connectivity index (χ4v) is 1.11. The minimum atomic E-state index is -4.50. The van der Waals surface area contributed by atoms with Crippen molar-refractivity contribution in [3.63, 3.8) is 0 Å². The molecule has 90 valence electrons. The van der Waals surface area contributed by atoms with E-state index in [4.69, 9.17) is 17.3 Å². The number of rotatable bonds is 1. The number of carbonyl (C=O) groups is 1. The normalized spacial score (nSPS) is 10.6. The molecule has 0 saturated heterocycles. The molecular weight excluding hydrogens is 257 g/mol. The summed E-state index contributed by atoms with van der Waals surface area (Å²) in [5.41, 5.74) is 3.85.